The molecule has 0 saturated carbocycles. The molecule has 162 valence electrons. The van der Waals surface area contributed by atoms with E-state index in [9.17, 15) is 19.7 Å². The first-order valence-corrected chi connectivity index (χ1v) is 11.2. The summed E-state index contributed by atoms with van der Waals surface area (Å²) >= 11 is 11.1. The Morgan fingerprint density at radius 3 is 2.53 bits per heavy atom. The second-order valence-corrected chi connectivity index (χ2v) is 11.9. The average Bonchev–Trinajstić information content (AvgIpc) is 2.89. The third kappa shape index (κ3) is 3.85. The molecule has 0 bridgehead atoms. The van der Waals surface area contributed by atoms with E-state index in [1.54, 1.807) is 26.8 Å². The minimum absolute atomic E-state index is 0.111. The molecule has 1 amide bonds. The molecule has 30 heavy (non-hydrogen) atoms. The summed E-state index contributed by atoms with van der Waals surface area (Å²) in [5.74, 6) is -0.933. The monoisotopic (exact) mass is 517 g/mol. The van der Waals surface area contributed by atoms with Crippen LogP contribution in [0.5, 0.6) is 0 Å². The Bertz CT molecular complexity index is 964. The molecule has 2 heterocycles. The van der Waals surface area contributed by atoms with Crippen molar-refractivity contribution in [1.29, 1.82) is 0 Å². The number of nitro groups is 1. The van der Waals surface area contributed by atoms with E-state index in [1.165, 1.54) is 34.9 Å². The molecule has 11 heteroatoms. The Morgan fingerprint density at radius 2 is 1.97 bits per heavy atom. The number of nitrogens with zero attached hydrogens (tertiary/aromatic N) is 3. The maximum absolute atomic E-state index is 13.1. The normalized spacial score (nSPS) is 28.0. The molecule has 0 radical (unpaired) electrons. The standard InChI is InChI=1S/C19H21BrClN3O5S/c1-17(2,3)29-14(25)12-18(4,5)30-16-19(20,15(26)23(12)16)22-13(21)10-8-6-7-9-11(10)24(27)28/h6-9,12,16H,1-5H3/t12-,16+,19+/m0/s1. The molecule has 1 aromatic carbocycles. The van der Waals surface area contributed by atoms with Gasteiger partial charge < -0.3 is 9.64 Å². The van der Waals surface area contributed by atoms with Crippen LogP contribution < -0.4 is 0 Å². The average molecular weight is 519 g/mol. The number of hydrogen-bond donors (Lipinski definition) is 0. The number of hydrogen-bond acceptors (Lipinski definition) is 7. The Morgan fingerprint density at radius 1 is 1.37 bits per heavy atom. The number of halogens is 2. The van der Waals surface area contributed by atoms with Gasteiger partial charge in [0.15, 0.2) is 0 Å². The number of carbonyl (C=O) groups excluding carboxylic acids is 2. The van der Waals surface area contributed by atoms with Crippen LogP contribution in [-0.2, 0) is 14.3 Å². The molecule has 0 N–H and O–H groups in total. The van der Waals surface area contributed by atoms with Crippen LogP contribution in [0.15, 0.2) is 29.3 Å². The fourth-order valence-electron chi connectivity index (χ4n) is 3.45. The summed E-state index contributed by atoms with van der Waals surface area (Å²) in [5.41, 5.74) is -0.791. The molecule has 0 aliphatic carbocycles. The second-order valence-electron chi connectivity index (χ2n) is 8.57. The van der Waals surface area contributed by atoms with Crippen molar-refractivity contribution in [1.82, 2.24) is 4.90 Å². The van der Waals surface area contributed by atoms with Crippen LogP contribution in [0.25, 0.3) is 0 Å². The fraction of sp³-hybridized carbons (Fsp3) is 0.526. The van der Waals surface area contributed by atoms with Gasteiger partial charge in [-0.2, -0.15) is 0 Å². The SMILES string of the molecule is CC(C)(C)OC(=O)[C@@H]1N2C(=O)[C@@](Br)(N=C(Cl)c3ccccc3[N+](=O)[O-])[C@H]2SC1(C)C. The van der Waals surface area contributed by atoms with Crippen molar-refractivity contribution in [3.05, 3.63) is 39.9 Å². The van der Waals surface area contributed by atoms with Gasteiger partial charge in [-0.3, -0.25) is 14.9 Å². The lowest BCUT2D eigenvalue weighted by Crippen LogP contribution is -2.70. The van der Waals surface area contributed by atoms with E-state index in [2.05, 4.69) is 20.9 Å². The second kappa shape index (κ2) is 7.49. The quantitative estimate of drug-likeness (QED) is 0.113. The van der Waals surface area contributed by atoms with Gasteiger partial charge in [0, 0.05) is 10.8 Å². The van der Waals surface area contributed by atoms with Crippen molar-refractivity contribution in [3.63, 3.8) is 0 Å². The first-order chi connectivity index (χ1) is 13.7. The van der Waals surface area contributed by atoms with Crippen molar-refractivity contribution in [2.45, 2.75) is 60.8 Å². The lowest BCUT2D eigenvalue weighted by atomic mass is 9.95. The topological polar surface area (TPSA) is 102 Å². The van der Waals surface area contributed by atoms with E-state index in [1.807, 2.05) is 13.8 Å². The molecule has 2 aliphatic heterocycles. The molecule has 0 unspecified atom stereocenters. The summed E-state index contributed by atoms with van der Waals surface area (Å²) in [5, 5.41) is 10.6. The van der Waals surface area contributed by atoms with Crippen LogP contribution in [0.4, 0.5) is 5.69 Å². The van der Waals surface area contributed by atoms with Crippen LogP contribution >= 0.6 is 39.3 Å². The Kier molecular flexibility index (Phi) is 5.75. The number of carbonyl (C=O) groups is 2. The van der Waals surface area contributed by atoms with E-state index < -0.39 is 43.0 Å². The maximum Gasteiger partial charge on any atom is 0.330 e. The molecular formula is C19H21BrClN3O5S. The number of fused-ring (bicyclic) bond motifs is 1. The number of esters is 1. The Hall–Kier alpha value is -1.65. The lowest BCUT2D eigenvalue weighted by Gasteiger charge is -2.47. The molecule has 0 aromatic heterocycles. The highest BCUT2D eigenvalue weighted by Gasteiger charge is 2.71. The van der Waals surface area contributed by atoms with Crippen molar-refractivity contribution < 1.29 is 19.2 Å². The van der Waals surface area contributed by atoms with Crippen LogP contribution in [0.2, 0.25) is 0 Å². The highest BCUT2D eigenvalue weighted by Crippen LogP contribution is 2.59. The maximum atomic E-state index is 13.1. The number of thioether (sulfide) groups is 1. The van der Waals surface area contributed by atoms with Crippen LogP contribution in [0.1, 0.15) is 40.2 Å². The lowest BCUT2D eigenvalue weighted by molar-refractivity contribution is -0.385. The van der Waals surface area contributed by atoms with E-state index >= 15 is 0 Å². The van der Waals surface area contributed by atoms with Gasteiger partial charge in [-0.15, -0.1) is 11.8 Å². The summed E-state index contributed by atoms with van der Waals surface area (Å²) in [7, 11) is 0. The fourth-order valence-corrected chi connectivity index (χ4v) is 6.29. The van der Waals surface area contributed by atoms with E-state index in [0.717, 1.165) is 0 Å². The molecule has 0 spiro atoms. The molecule has 2 fully saturated rings. The zero-order valence-corrected chi connectivity index (χ0v) is 20.2. The number of amides is 1. The van der Waals surface area contributed by atoms with Gasteiger partial charge in [0.25, 0.3) is 11.6 Å². The van der Waals surface area contributed by atoms with Crippen LogP contribution in [0.3, 0.4) is 0 Å². The van der Waals surface area contributed by atoms with Gasteiger partial charge >= 0.3 is 5.97 Å². The highest BCUT2D eigenvalue weighted by molar-refractivity contribution is 9.10. The van der Waals surface area contributed by atoms with Crippen LogP contribution in [0, 0.1) is 10.1 Å². The Labute approximate surface area is 191 Å². The number of benzene rings is 1. The number of nitro benzene ring substituents is 1. The largest absolute Gasteiger partial charge is 0.458 e. The third-order valence-electron chi connectivity index (χ3n) is 4.68. The van der Waals surface area contributed by atoms with Crippen LogP contribution in [-0.4, -0.2) is 53.1 Å². The smallest absolute Gasteiger partial charge is 0.330 e. The first kappa shape index (κ1) is 23.0. The van der Waals surface area contributed by atoms with Gasteiger partial charge in [0.1, 0.15) is 22.2 Å². The summed E-state index contributed by atoms with van der Waals surface area (Å²) < 4.78 is 3.47. The summed E-state index contributed by atoms with van der Waals surface area (Å²) in [6.07, 6.45) is 0. The minimum atomic E-state index is -1.42. The predicted molar refractivity (Wildman–Crippen MR) is 119 cm³/mol. The number of rotatable bonds is 4. The molecular weight excluding hydrogens is 498 g/mol. The number of ether oxygens (including phenoxy) is 1. The van der Waals surface area contributed by atoms with E-state index in [0.29, 0.717) is 0 Å². The van der Waals surface area contributed by atoms with Gasteiger partial charge in [0.05, 0.1) is 10.5 Å². The zero-order valence-electron chi connectivity index (χ0n) is 17.0. The molecule has 3 atom stereocenters. The van der Waals surface area contributed by atoms with Gasteiger partial charge in [-0.25, -0.2) is 9.79 Å². The highest BCUT2D eigenvalue weighted by atomic mass is 79.9. The molecule has 2 aliphatic rings. The predicted octanol–water partition coefficient (Wildman–Crippen LogP) is 4.08. The van der Waals surface area contributed by atoms with Gasteiger partial charge in [-0.1, -0.05) is 23.7 Å². The summed E-state index contributed by atoms with van der Waals surface area (Å²) in [6.45, 7) is 9.01. The van der Waals surface area contributed by atoms with Gasteiger partial charge in [0.2, 0.25) is 4.45 Å². The van der Waals surface area contributed by atoms with E-state index in [-0.39, 0.29) is 16.4 Å². The minimum Gasteiger partial charge on any atom is -0.458 e. The van der Waals surface area contributed by atoms with Crippen molar-refractivity contribution in [2.75, 3.05) is 0 Å². The van der Waals surface area contributed by atoms with Crippen molar-refractivity contribution in [3.8, 4) is 0 Å². The van der Waals surface area contributed by atoms with Crippen molar-refractivity contribution in [2.24, 2.45) is 4.99 Å². The number of aliphatic imine (C=N–C) groups is 1. The zero-order chi connectivity index (χ0) is 22.6. The van der Waals surface area contributed by atoms with Crippen molar-refractivity contribution >= 4 is 62.0 Å². The number of para-hydroxylation sites is 1. The number of alkyl halides is 1. The first-order valence-electron chi connectivity index (χ1n) is 9.10. The molecule has 3 rings (SSSR count). The Balaban J connectivity index is 1.94. The molecule has 2 saturated heterocycles. The molecule has 8 nitrogen and oxygen atoms in total. The third-order valence-corrected chi connectivity index (χ3v) is 7.84. The number of β-lactam (4-membered cyclic amide) rings is 1. The van der Waals surface area contributed by atoms with Gasteiger partial charge in [-0.05, 0) is 56.6 Å². The molecule has 1 aromatic rings. The summed E-state index contributed by atoms with van der Waals surface area (Å²) in [4.78, 5) is 42.4. The van der Waals surface area contributed by atoms with E-state index in [4.69, 9.17) is 16.3 Å². The summed E-state index contributed by atoms with van der Waals surface area (Å²) in [6, 6.07) is 5.12.